The van der Waals surface area contributed by atoms with Gasteiger partial charge in [0.1, 0.15) is 18.2 Å². The number of aromatic carboxylic acids is 1. The lowest BCUT2D eigenvalue weighted by molar-refractivity contribution is 0.0692. The summed E-state index contributed by atoms with van der Waals surface area (Å²) in [7, 11) is 0. The minimum atomic E-state index is -1.30. The third-order valence-corrected chi connectivity index (χ3v) is 2.20. The van der Waals surface area contributed by atoms with Crippen molar-refractivity contribution >= 4 is 17.6 Å². The first-order valence-electron chi connectivity index (χ1n) is 4.46. The van der Waals surface area contributed by atoms with Crippen molar-refractivity contribution < 1.29 is 19.0 Å². The summed E-state index contributed by atoms with van der Waals surface area (Å²) in [4.78, 5) is 10.5. The highest BCUT2D eigenvalue weighted by Gasteiger charge is 2.10. The van der Waals surface area contributed by atoms with E-state index in [1.165, 1.54) is 11.6 Å². The standard InChI is InChI=1S/C11H10ClFO3/c1-7(5-12)6-16-8-2-3-9(11(14)15)10(13)4-8/h2-5H,6H2,1H3,(H,14,15)/b7-5-. The number of halogens is 2. The second-order valence-corrected chi connectivity index (χ2v) is 3.41. The maximum atomic E-state index is 13.2. The maximum Gasteiger partial charge on any atom is 0.338 e. The lowest BCUT2D eigenvalue weighted by atomic mass is 10.2. The van der Waals surface area contributed by atoms with Crippen LogP contribution in [0.15, 0.2) is 29.3 Å². The lowest BCUT2D eigenvalue weighted by Crippen LogP contribution is -2.02. The number of rotatable bonds is 4. The van der Waals surface area contributed by atoms with Gasteiger partial charge in [-0.2, -0.15) is 0 Å². The van der Waals surface area contributed by atoms with Crippen LogP contribution in [0.3, 0.4) is 0 Å². The van der Waals surface area contributed by atoms with Gasteiger partial charge in [0.05, 0.1) is 5.56 Å². The van der Waals surface area contributed by atoms with Crippen LogP contribution in [0.2, 0.25) is 0 Å². The van der Waals surface area contributed by atoms with Gasteiger partial charge in [-0.15, -0.1) is 0 Å². The molecule has 0 bridgehead atoms. The normalized spacial score (nSPS) is 11.3. The number of carboxylic acid groups (broad SMARTS) is 1. The number of ether oxygens (including phenoxy) is 1. The summed E-state index contributed by atoms with van der Waals surface area (Å²) in [5.74, 6) is -1.86. The second kappa shape index (κ2) is 5.51. The molecule has 0 aliphatic carbocycles. The van der Waals surface area contributed by atoms with E-state index >= 15 is 0 Å². The Hall–Kier alpha value is -1.55. The van der Waals surface area contributed by atoms with Gasteiger partial charge in [-0.1, -0.05) is 11.6 Å². The van der Waals surface area contributed by atoms with E-state index in [-0.39, 0.29) is 17.9 Å². The van der Waals surface area contributed by atoms with Gasteiger partial charge in [0.25, 0.3) is 0 Å². The summed E-state index contributed by atoms with van der Waals surface area (Å²) in [6.45, 7) is 1.99. The fourth-order valence-corrected chi connectivity index (χ4v) is 1.05. The molecule has 0 spiro atoms. The number of carboxylic acids is 1. The Kier molecular flexibility index (Phi) is 4.31. The molecular weight excluding hydrogens is 235 g/mol. The number of hydrogen-bond donors (Lipinski definition) is 1. The van der Waals surface area contributed by atoms with Crippen LogP contribution < -0.4 is 4.74 Å². The fraction of sp³-hybridized carbons (Fsp3) is 0.182. The molecule has 0 atom stereocenters. The van der Waals surface area contributed by atoms with Crippen molar-refractivity contribution in [3.05, 3.63) is 40.7 Å². The Bertz CT molecular complexity index is 429. The summed E-state index contributed by atoms with van der Waals surface area (Å²) < 4.78 is 18.4. The molecule has 86 valence electrons. The van der Waals surface area contributed by atoms with E-state index in [0.717, 1.165) is 17.7 Å². The highest BCUT2D eigenvalue weighted by atomic mass is 35.5. The summed E-state index contributed by atoms with van der Waals surface area (Å²) in [5, 5.41) is 8.61. The molecule has 0 heterocycles. The van der Waals surface area contributed by atoms with Crippen LogP contribution in [0.25, 0.3) is 0 Å². The number of benzene rings is 1. The van der Waals surface area contributed by atoms with E-state index in [9.17, 15) is 9.18 Å². The molecule has 16 heavy (non-hydrogen) atoms. The van der Waals surface area contributed by atoms with E-state index < -0.39 is 11.8 Å². The van der Waals surface area contributed by atoms with E-state index in [0.29, 0.717) is 0 Å². The van der Waals surface area contributed by atoms with Crippen molar-refractivity contribution in [2.45, 2.75) is 6.92 Å². The van der Waals surface area contributed by atoms with Crippen LogP contribution in [0, 0.1) is 5.82 Å². The molecule has 0 fully saturated rings. The van der Waals surface area contributed by atoms with Crippen molar-refractivity contribution in [2.75, 3.05) is 6.61 Å². The highest BCUT2D eigenvalue weighted by molar-refractivity contribution is 6.25. The first-order valence-corrected chi connectivity index (χ1v) is 4.89. The summed E-state index contributed by atoms with van der Waals surface area (Å²) in [6, 6.07) is 3.59. The Balaban J connectivity index is 2.78. The predicted octanol–water partition coefficient (Wildman–Crippen LogP) is 3.05. The van der Waals surface area contributed by atoms with Gasteiger partial charge in [-0.05, 0) is 24.6 Å². The third kappa shape index (κ3) is 3.24. The molecule has 3 nitrogen and oxygen atoms in total. The van der Waals surface area contributed by atoms with Crippen LogP contribution in [0.5, 0.6) is 5.75 Å². The number of carbonyl (C=O) groups is 1. The predicted molar refractivity (Wildman–Crippen MR) is 58.5 cm³/mol. The molecule has 0 aliphatic heterocycles. The molecule has 0 radical (unpaired) electrons. The maximum absolute atomic E-state index is 13.2. The minimum Gasteiger partial charge on any atom is -0.489 e. The van der Waals surface area contributed by atoms with Crippen molar-refractivity contribution in [2.24, 2.45) is 0 Å². The molecule has 1 aromatic rings. The van der Waals surface area contributed by atoms with Crippen LogP contribution >= 0.6 is 11.6 Å². The molecular formula is C11H10ClFO3. The van der Waals surface area contributed by atoms with E-state index in [1.54, 1.807) is 6.92 Å². The van der Waals surface area contributed by atoms with Crippen molar-refractivity contribution in [3.8, 4) is 5.75 Å². The van der Waals surface area contributed by atoms with Crippen molar-refractivity contribution in [1.82, 2.24) is 0 Å². The topological polar surface area (TPSA) is 46.5 Å². The van der Waals surface area contributed by atoms with Gasteiger partial charge in [0.15, 0.2) is 0 Å². The first kappa shape index (κ1) is 12.5. The largest absolute Gasteiger partial charge is 0.489 e. The molecule has 5 heteroatoms. The Morgan fingerprint density at radius 1 is 1.62 bits per heavy atom. The average Bonchev–Trinajstić information content (AvgIpc) is 2.25. The van der Waals surface area contributed by atoms with Gasteiger partial charge in [-0.25, -0.2) is 9.18 Å². The summed E-state index contributed by atoms with van der Waals surface area (Å²) in [6.07, 6.45) is 0. The van der Waals surface area contributed by atoms with Crippen LogP contribution in [0.4, 0.5) is 4.39 Å². The number of hydrogen-bond acceptors (Lipinski definition) is 2. The van der Waals surface area contributed by atoms with Crippen molar-refractivity contribution in [3.63, 3.8) is 0 Å². The molecule has 1 rings (SSSR count). The molecule has 0 unspecified atom stereocenters. The molecule has 1 N–H and O–H groups in total. The van der Waals surface area contributed by atoms with Gasteiger partial charge >= 0.3 is 5.97 Å². The third-order valence-electron chi connectivity index (χ3n) is 1.82. The Labute approximate surface area is 97.1 Å². The highest BCUT2D eigenvalue weighted by Crippen LogP contribution is 2.17. The van der Waals surface area contributed by atoms with Gasteiger partial charge in [0, 0.05) is 11.6 Å². The molecule has 0 aliphatic rings. The SMILES string of the molecule is C/C(=C/Cl)COc1ccc(C(=O)O)c(F)c1. The molecule has 0 saturated carbocycles. The molecule has 0 saturated heterocycles. The average molecular weight is 245 g/mol. The lowest BCUT2D eigenvalue weighted by Gasteiger charge is -2.06. The second-order valence-electron chi connectivity index (χ2n) is 3.19. The quantitative estimate of drug-likeness (QED) is 0.886. The zero-order valence-electron chi connectivity index (χ0n) is 8.54. The van der Waals surface area contributed by atoms with Crippen LogP contribution in [0.1, 0.15) is 17.3 Å². The van der Waals surface area contributed by atoms with Gasteiger partial charge < -0.3 is 9.84 Å². The smallest absolute Gasteiger partial charge is 0.338 e. The molecule has 0 amide bonds. The molecule has 0 aromatic heterocycles. The summed E-state index contributed by atoms with van der Waals surface area (Å²) in [5.41, 5.74) is 1.77. The van der Waals surface area contributed by atoms with Crippen molar-refractivity contribution in [1.29, 1.82) is 0 Å². The van der Waals surface area contributed by atoms with Gasteiger partial charge in [-0.3, -0.25) is 0 Å². The Morgan fingerprint density at radius 2 is 2.31 bits per heavy atom. The zero-order chi connectivity index (χ0) is 12.1. The summed E-state index contributed by atoms with van der Waals surface area (Å²) >= 11 is 5.42. The first-order chi connectivity index (χ1) is 7.54. The fourth-order valence-electron chi connectivity index (χ4n) is 0.988. The van der Waals surface area contributed by atoms with Crippen LogP contribution in [-0.4, -0.2) is 17.7 Å². The van der Waals surface area contributed by atoms with E-state index in [4.69, 9.17) is 21.4 Å². The van der Waals surface area contributed by atoms with E-state index in [1.807, 2.05) is 0 Å². The monoisotopic (exact) mass is 244 g/mol. The minimum absolute atomic E-state index is 0.232. The van der Waals surface area contributed by atoms with Gasteiger partial charge in [0.2, 0.25) is 0 Å². The Morgan fingerprint density at radius 3 is 2.81 bits per heavy atom. The zero-order valence-corrected chi connectivity index (χ0v) is 9.29. The van der Waals surface area contributed by atoms with Crippen LogP contribution in [-0.2, 0) is 0 Å². The molecule has 1 aromatic carbocycles. The van der Waals surface area contributed by atoms with E-state index in [2.05, 4.69) is 0 Å².